The predicted molar refractivity (Wildman–Crippen MR) is 176 cm³/mol. The third kappa shape index (κ3) is 6.79. The Kier molecular flexibility index (Phi) is 8.40. The van der Waals surface area contributed by atoms with Gasteiger partial charge in [0.25, 0.3) is 11.8 Å². The van der Waals surface area contributed by atoms with Gasteiger partial charge in [0.1, 0.15) is 0 Å². The maximum atomic E-state index is 13.8. The van der Waals surface area contributed by atoms with Gasteiger partial charge in [0.05, 0.1) is 23.7 Å². The lowest BCUT2D eigenvalue weighted by Gasteiger charge is -2.36. The molecular formula is C37H47N5O3. The van der Waals surface area contributed by atoms with Crippen molar-refractivity contribution >= 4 is 22.7 Å². The van der Waals surface area contributed by atoms with E-state index in [1.54, 1.807) is 0 Å². The highest BCUT2D eigenvalue weighted by Gasteiger charge is 2.45. The van der Waals surface area contributed by atoms with E-state index in [2.05, 4.69) is 33.4 Å². The Labute approximate surface area is 266 Å². The maximum Gasteiger partial charge on any atom is 0.251 e. The van der Waals surface area contributed by atoms with Gasteiger partial charge in [-0.05, 0) is 117 Å². The van der Waals surface area contributed by atoms with Crippen LogP contribution in [-0.4, -0.2) is 83.6 Å². The van der Waals surface area contributed by atoms with Crippen LogP contribution in [0.5, 0.6) is 0 Å². The topological polar surface area (TPSA) is 97.8 Å². The number of aliphatic hydroxyl groups excluding tert-OH is 1. The molecule has 0 bridgehead atoms. The molecule has 238 valence electrons. The van der Waals surface area contributed by atoms with Gasteiger partial charge >= 0.3 is 0 Å². The molecule has 7 rings (SSSR count). The minimum atomic E-state index is -0.260. The van der Waals surface area contributed by atoms with Crippen molar-refractivity contribution < 1.29 is 14.7 Å². The van der Waals surface area contributed by atoms with Crippen molar-refractivity contribution in [3.8, 4) is 0 Å². The number of pyridine rings is 1. The highest BCUT2D eigenvalue weighted by Crippen LogP contribution is 2.55. The van der Waals surface area contributed by atoms with Crippen LogP contribution in [-0.2, 0) is 12.8 Å². The van der Waals surface area contributed by atoms with Crippen molar-refractivity contribution in [1.29, 1.82) is 0 Å². The number of aryl methyl sites for hydroxylation is 1. The van der Waals surface area contributed by atoms with Crippen LogP contribution < -0.4 is 10.6 Å². The number of rotatable bonds is 9. The molecule has 3 N–H and O–H groups in total. The van der Waals surface area contributed by atoms with Crippen molar-refractivity contribution in [3.05, 3.63) is 76.5 Å². The second kappa shape index (κ2) is 12.5. The number of carbonyl (C=O) groups is 2. The van der Waals surface area contributed by atoms with E-state index in [0.717, 1.165) is 80.8 Å². The number of hydrogen-bond acceptors (Lipinski definition) is 6. The molecule has 3 fully saturated rings. The fourth-order valence-corrected chi connectivity index (χ4v) is 7.65. The zero-order valence-electron chi connectivity index (χ0n) is 26.7. The normalized spacial score (nSPS) is 22.8. The van der Waals surface area contributed by atoms with Gasteiger partial charge in [-0.15, -0.1) is 0 Å². The Morgan fingerprint density at radius 3 is 2.56 bits per heavy atom. The van der Waals surface area contributed by atoms with Gasteiger partial charge in [0.2, 0.25) is 0 Å². The number of piperidine rings is 1. The monoisotopic (exact) mass is 609 g/mol. The van der Waals surface area contributed by atoms with Gasteiger partial charge in [-0.1, -0.05) is 19.1 Å². The fourth-order valence-electron chi connectivity index (χ4n) is 7.65. The second-order valence-corrected chi connectivity index (χ2v) is 14.5. The number of aromatic nitrogens is 1. The van der Waals surface area contributed by atoms with Crippen LogP contribution in [0.4, 0.5) is 0 Å². The van der Waals surface area contributed by atoms with Crippen LogP contribution in [0.3, 0.4) is 0 Å². The third-order valence-electron chi connectivity index (χ3n) is 11.0. The average Bonchev–Trinajstić information content (AvgIpc) is 3.79. The first-order valence-electron chi connectivity index (χ1n) is 17.0. The number of benzene rings is 2. The summed E-state index contributed by atoms with van der Waals surface area (Å²) in [6.45, 7) is 6.65. The number of aliphatic hydroxyl groups is 1. The summed E-state index contributed by atoms with van der Waals surface area (Å²) in [5.41, 5.74) is 6.18. The van der Waals surface area contributed by atoms with Crippen LogP contribution in [0.15, 0.2) is 48.5 Å². The van der Waals surface area contributed by atoms with Crippen LogP contribution in [0.2, 0.25) is 0 Å². The SMILES string of the molecule is CN1CC(NC(=O)c2cccc([C@@H](CCN3CCC(O)CC3)NC(=O)c3ccc4nc5c(cc4c3)C[C@@H](C3(C)CC3)CC5)c2)C1. The predicted octanol–water partition coefficient (Wildman–Crippen LogP) is 4.50. The summed E-state index contributed by atoms with van der Waals surface area (Å²) in [6, 6.07) is 15.7. The Hall–Kier alpha value is -3.33. The minimum absolute atomic E-state index is 0.0756. The summed E-state index contributed by atoms with van der Waals surface area (Å²) in [5.74, 6) is 0.533. The van der Waals surface area contributed by atoms with Gasteiger partial charge in [-0.25, -0.2) is 0 Å². The van der Waals surface area contributed by atoms with E-state index in [9.17, 15) is 14.7 Å². The number of amides is 2. The van der Waals surface area contributed by atoms with Crippen LogP contribution in [0, 0.1) is 11.3 Å². The quantitative estimate of drug-likeness (QED) is 0.331. The first-order valence-corrected chi connectivity index (χ1v) is 17.0. The van der Waals surface area contributed by atoms with E-state index in [1.807, 2.05) is 49.5 Å². The van der Waals surface area contributed by atoms with E-state index >= 15 is 0 Å². The fraction of sp³-hybridized carbons (Fsp3) is 0.541. The first kappa shape index (κ1) is 30.3. The van der Waals surface area contributed by atoms with Gasteiger partial charge in [-0.3, -0.25) is 14.6 Å². The zero-order valence-corrected chi connectivity index (χ0v) is 26.7. The molecule has 2 saturated heterocycles. The number of likely N-dealkylation sites (tertiary alicyclic amines) is 2. The molecule has 0 unspecified atom stereocenters. The smallest absolute Gasteiger partial charge is 0.251 e. The number of likely N-dealkylation sites (N-methyl/N-ethyl adjacent to an activating group) is 1. The van der Waals surface area contributed by atoms with Crippen molar-refractivity contribution in [3.63, 3.8) is 0 Å². The molecule has 0 spiro atoms. The third-order valence-corrected chi connectivity index (χ3v) is 11.0. The highest BCUT2D eigenvalue weighted by molar-refractivity contribution is 5.98. The molecule has 3 aromatic rings. The molecule has 8 nitrogen and oxygen atoms in total. The lowest BCUT2D eigenvalue weighted by molar-refractivity contribution is 0.0795. The minimum Gasteiger partial charge on any atom is -0.393 e. The van der Waals surface area contributed by atoms with Crippen LogP contribution in [0.25, 0.3) is 10.9 Å². The van der Waals surface area contributed by atoms with E-state index in [-0.39, 0.29) is 30.0 Å². The van der Waals surface area contributed by atoms with Crippen molar-refractivity contribution in [1.82, 2.24) is 25.4 Å². The molecule has 2 aliphatic carbocycles. The Bertz CT molecular complexity index is 1570. The first-order chi connectivity index (χ1) is 21.7. The molecular weight excluding hydrogens is 562 g/mol. The number of nitrogens with zero attached hydrogens (tertiary/aromatic N) is 3. The lowest BCUT2D eigenvalue weighted by atomic mass is 9.77. The Morgan fingerprint density at radius 1 is 1.02 bits per heavy atom. The van der Waals surface area contributed by atoms with Gasteiger partial charge in [0.15, 0.2) is 0 Å². The largest absolute Gasteiger partial charge is 0.393 e. The molecule has 2 atom stereocenters. The lowest BCUT2D eigenvalue weighted by Crippen LogP contribution is -2.57. The number of fused-ring (bicyclic) bond motifs is 2. The Morgan fingerprint density at radius 2 is 1.80 bits per heavy atom. The number of hydrogen-bond donors (Lipinski definition) is 3. The zero-order chi connectivity index (χ0) is 31.1. The van der Waals surface area contributed by atoms with Crippen molar-refractivity contribution in [2.75, 3.05) is 39.8 Å². The summed E-state index contributed by atoms with van der Waals surface area (Å²) in [7, 11) is 2.05. The highest BCUT2D eigenvalue weighted by atomic mass is 16.3. The molecule has 3 heterocycles. The standard InChI is InChI=1S/C37H47N5O3/c1-37(13-14-37)29-7-9-33-28(21-29)20-27-19-26(6-8-32(27)39-33)36(45)40-34(12-17-42-15-10-31(43)11-16-42)24-4-3-5-25(18-24)35(44)38-30-22-41(2)23-30/h3-6,8,18-20,29-31,34,43H,7,9-17,21-23H2,1-2H3,(H,38,44)(H,40,45)/t29-,34+/m0/s1. The molecule has 0 radical (unpaired) electrons. The number of nitrogens with one attached hydrogen (secondary N) is 2. The summed E-state index contributed by atoms with van der Waals surface area (Å²) < 4.78 is 0. The average molecular weight is 610 g/mol. The van der Waals surface area contributed by atoms with Crippen molar-refractivity contribution in [2.45, 2.75) is 76.5 Å². The van der Waals surface area contributed by atoms with Crippen molar-refractivity contribution in [2.24, 2.45) is 11.3 Å². The summed E-state index contributed by atoms with van der Waals surface area (Å²) in [4.78, 5) is 36.4. The molecule has 1 aromatic heterocycles. The molecule has 2 aromatic carbocycles. The Balaban J connectivity index is 1.10. The van der Waals surface area contributed by atoms with Gasteiger partial charge in [-0.2, -0.15) is 0 Å². The number of carbonyl (C=O) groups excluding carboxylic acids is 2. The van der Waals surface area contributed by atoms with Crippen LogP contribution >= 0.6 is 0 Å². The molecule has 1 saturated carbocycles. The molecule has 2 aliphatic heterocycles. The van der Waals surface area contributed by atoms with E-state index in [1.165, 1.54) is 30.5 Å². The van der Waals surface area contributed by atoms with E-state index < -0.39 is 0 Å². The van der Waals surface area contributed by atoms with E-state index in [4.69, 9.17) is 4.98 Å². The summed E-state index contributed by atoms with van der Waals surface area (Å²) >= 11 is 0. The second-order valence-electron chi connectivity index (χ2n) is 14.5. The van der Waals surface area contributed by atoms with Gasteiger partial charge < -0.3 is 25.5 Å². The molecule has 2 amide bonds. The van der Waals surface area contributed by atoms with Crippen LogP contribution in [0.1, 0.15) is 89.0 Å². The van der Waals surface area contributed by atoms with E-state index in [0.29, 0.717) is 23.0 Å². The summed E-state index contributed by atoms with van der Waals surface area (Å²) in [6.07, 6.45) is 8.07. The van der Waals surface area contributed by atoms with Gasteiger partial charge in [0, 0.05) is 54.9 Å². The maximum absolute atomic E-state index is 13.8. The summed E-state index contributed by atoms with van der Waals surface area (Å²) in [5, 5.41) is 17.4. The molecule has 8 heteroatoms. The molecule has 4 aliphatic rings. The molecule has 45 heavy (non-hydrogen) atoms.